The Hall–Kier alpha value is 0.860. The van der Waals surface area contributed by atoms with Crippen LogP contribution in [-0.2, 0) is 0 Å². The lowest BCUT2D eigenvalue weighted by Gasteiger charge is -2.26. The molecule has 0 N–H and O–H groups in total. The first-order valence-electron chi connectivity index (χ1n) is 4.46. The Labute approximate surface area is 73.7 Å². The van der Waals surface area contributed by atoms with E-state index in [1.807, 2.05) is 0 Å². The van der Waals surface area contributed by atoms with Crippen molar-refractivity contribution >= 4 is 15.8 Å². The van der Waals surface area contributed by atoms with Crippen LogP contribution < -0.4 is 0 Å². The zero-order chi connectivity index (χ0) is 8.43. The summed E-state index contributed by atoms with van der Waals surface area (Å²) in [6, 6.07) is 0. The Balaban J connectivity index is 2.51. The van der Waals surface area contributed by atoms with Crippen LogP contribution in [0.4, 0.5) is 0 Å². The Kier molecular flexibility index (Phi) is 3.79. The molecule has 0 amide bonds. The lowest BCUT2D eigenvalue weighted by atomic mass is 10.4. The maximum absolute atomic E-state index is 2.46. The minimum absolute atomic E-state index is 0.343. The second-order valence-electron chi connectivity index (χ2n) is 3.99. The molecular weight excluding hydrogens is 170 g/mol. The van der Waals surface area contributed by atoms with E-state index in [-0.39, 0.29) is 0 Å². The summed E-state index contributed by atoms with van der Waals surface area (Å²) in [5.41, 5.74) is 2.23. The van der Waals surface area contributed by atoms with Crippen molar-refractivity contribution < 1.29 is 0 Å². The quantitative estimate of drug-likeness (QED) is 0.585. The van der Waals surface area contributed by atoms with Gasteiger partial charge in [-0.05, 0) is 50.8 Å². The van der Waals surface area contributed by atoms with Gasteiger partial charge in [0.1, 0.15) is 0 Å². The first kappa shape index (κ1) is 9.94. The molecule has 1 rings (SSSR count). The predicted octanol–water partition coefficient (Wildman–Crippen LogP) is 3.39. The smallest absolute Gasteiger partial charge is 0.0147 e. The molecule has 0 heterocycles. The van der Waals surface area contributed by atoms with E-state index < -0.39 is 0 Å². The van der Waals surface area contributed by atoms with E-state index >= 15 is 0 Å². The van der Waals surface area contributed by atoms with Crippen molar-refractivity contribution in [3.63, 3.8) is 0 Å². The van der Waals surface area contributed by atoms with Gasteiger partial charge in [0.25, 0.3) is 0 Å². The molecule has 0 nitrogen and oxygen atoms in total. The van der Waals surface area contributed by atoms with Crippen LogP contribution in [0, 0.1) is 0 Å². The summed E-state index contributed by atoms with van der Waals surface area (Å²) in [5.74, 6) is 0. The van der Waals surface area contributed by atoms with E-state index in [0.29, 0.717) is 15.8 Å². The zero-order valence-electron chi connectivity index (χ0n) is 8.17. The molecular formula is C9H20P2. The van der Waals surface area contributed by atoms with Crippen LogP contribution in [0.5, 0.6) is 0 Å². The topological polar surface area (TPSA) is 0 Å². The summed E-state index contributed by atoms with van der Waals surface area (Å²) in [4.78, 5) is 0. The lowest BCUT2D eigenvalue weighted by Crippen LogP contribution is -2.15. The largest absolute Gasteiger partial charge is 0.109 e. The molecule has 1 fully saturated rings. The molecule has 0 bridgehead atoms. The van der Waals surface area contributed by atoms with Crippen molar-refractivity contribution in [3.8, 4) is 0 Å². The minimum atomic E-state index is 0.343. The highest BCUT2D eigenvalue weighted by Gasteiger charge is 2.30. The van der Waals surface area contributed by atoms with Gasteiger partial charge in [-0.3, -0.25) is 0 Å². The molecule has 1 aliphatic carbocycles. The van der Waals surface area contributed by atoms with Crippen LogP contribution >= 0.6 is 15.8 Å². The third kappa shape index (κ3) is 2.40. The average molecular weight is 190 g/mol. The van der Waals surface area contributed by atoms with Gasteiger partial charge < -0.3 is 0 Å². The van der Waals surface area contributed by atoms with Crippen molar-refractivity contribution in [2.24, 2.45) is 0 Å². The number of hydrogen-bond donors (Lipinski definition) is 0. The van der Waals surface area contributed by atoms with Gasteiger partial charge in [-0.25, -0.2) is 0 Å². The summed E-state index contributed by atoms with van der Waals surface area (Å²) in [7, 11) is 0.686. The molecule has 2 heteroatoms. The van der Waals surface area contributed by atoms with E-state index in [2.05, 4.69) is 26.7 Å². The van der Waals surface area contributed by atoms with Gasteiger partial charge in [0, 0.05) is 0 Å². The standard InChI is InChI=1S/C9H20P2/c1-10(2)8-6-5-7-9(8)11(3)4/h8-9H,5-7H2,1-4H3/t8-,9-/m0/s1. The van der Waals surface area contributed by atoms with Gasteiger partial charge in [-0.1, -0.05) is 6.42 Å². The third-order valence-corrected chi connectivity index (χ3v) is 6.90. The Bertz CT molecular complexity index is 107. The Morgan fingerprint density at radius 1 is 0.818 bits per heavy atom. The number of rotatable bonds is 2. The summed E-state index contributed by atoms with van der Waals surface area (Å²) in [5, 5.41) is 0. The monoisotopic (exact) mass is 190 g/mol. The van der Waals surface area contributed by atoms with Crippen LogP contribution in [0.3, 0.4) is 0 Å². The maximum atomic E-state index is 2.46. The van der Waals surface area contributed by atoms with Gasteiger partial charge >= 0.3 is 0 Å². The molecule has 66 valence electrons. The molecule has 0 aromatic heterocycles. The van der Waals surface area contributed by atoms with Crippen LogP contribution in [0.1, 0.15) is 19.3 Å². The minimum Gasteiger partial charge on any atom is -0.109 e. The predicted molar refractivity (Wildman–Crippen MR) is 59.0 cm³/mol. The first-order valence-corrected chi connectivity index (χ1v) is 9.07. The highest BCUT2D eigenvalue weighted by molar-refractivity contribution is 7.61. The van der Waals surface area contributed by atoms with Crippen molar-refractivity contribution in [1.29, 1.82) is 0 Å². The fourth-order valence-electron chi connectivity index (χ4n) is 2.13. The summed E-state index contributed by atoms with van der Waals surface area (Å²) in [6.07, 6.45) is 4.57. The second kappa shape index (κ2) is 4.20. The molecule has 1 aliphatic rings. The molecule has 0 aliphatic heterocycles. The van der Waals surface area contributed by atoms with Crippen LogP contribution in [0.25, 0.3) is 0 Å². The molecule has 0 saturated heterocycles. The normalized spacial score (nSPS) is 32.2. The summed E-state index contributed by atoms with van der Waals surface area (Å²) >= 11 is 0. The Morgan fingerprint density at radius 2 is 1.18 bits per heavy atom. The SMILES string of the molecule is CP(C)[C@H]1CCC[C@@H]1P(C)C. The fraction of sp³-hybridized carbons (Fsp3) is 1.00. The maximum Gasteiger partial charge on any atom is -0.0147 e. The zero-order valence-corrected chi connectivity index (χ0v) is 9.96. The van der Waals surface area contributed by atoms with Gasteiger partial charge in [0.15, 0.2) is 0 Å². The van der Waals surface area contributed by atoms with Gasteiger partial charge in [0.05, 0.1) is 0 Å². The van der Waals surface area contributed by atoms with Crippen LogP contribution in [0.15, 0.2) is 0 Å². The van der Waals surface area contributed by atoms with E-state index in [1.54, 1.807) is 0 Å². The van der Waals surface area contributed by atoms with Crippen LogP contribution in [0.2, 0.25) is 0 Å². The van der Waals surface area contributed by atoms with E-state index in [1.165, 1.54) is 19.3 Å². The summed E-state index contributed by atoms with van der Waals surface area (Å²) < 4.78 is 0. The van der Waals surface area contributed by atoms with E-state index in [0.717, 1.165) is 11.3 Å². The second-order valence-corrected chi connectivity index (χ2v) is 9.17. The van der Waals surface area contributed by atoms with E-state index in [4.69, 9.17) is 0 Å². The molecule has 11 heavy (non-hydrogen) atoms. The van der Waals surface area contributed by atoms with Gasteiger partial charge in [0.2, 0.25) is 0 Å². The average Bonchev–Trinajstić information content (AvgIpc) is 2.32. The molecule has 0 aromatic rings. The molecule has 1 saturated carbocycles. The van der Waals surface area contributed by atoms with Crippen molar-refractivity contribution in [2.75, 3.05) is 26.7 Å². The first-order chi connectivity index (χ1) is 5.13. The molecule has 2 atom stereocenters. The van der Waals surface area contributed by atoms with Crippen LogP contribution in [-0.4, -0.2) is 38.0 Å². The summed E-state index contributed by atoms with van der Waals surface area (Å²) in [6.45, 7) is 9.82. The van der Waals surface area contributed by atoms with Gasteiger partial charge in [-0.15, -0.1) is 15.8 Å². The molecule has 0 aromatic carbocycles. The third-order valence-electron chi connectivity index (χ3n) is 2.77. The van der Waals surface area contributed by atoms with Gasteiger partial charge in [-0.2, -0.15) is 0 Å². The lowest BCUT2D eigenvalue weighted by molar-refractivity contribution is 0.888. The molecule has 0 unspecified atom stereocenters. The molecule has 0 radical (unpaired) electrons. The number of hydrogen-bond acceptors (Lipinski definition) is 0. The highest BCUT2D eigenvalue weighted by atomic mass is 31.1. The Morgan fingerprint density at radius 3 is 1.45 bits per heavy atom. The van der Waals surface area contributed by atoms with Crippen molar-refractivity contribution in [1.82, 2.24) is 0 Å². The van der Waals surface area contributed by atoms with Crippen molar-refractivity contribution in [2.45, 2.75) is 30.6 Å². The van der Waals surface area contributed by atoms with Crippen molar-refractivity contribution in [3.05, 3.63) is 0 Å². The fourth-order valence-corrected chi connectivity index (χ4v) is 6.80. The van der Waals surface area contributed by atoms with E-state index in [9.17, 15) is 0 Å². The molecule has 0 spiro atoms. The highest BCUT2D eigenvalue weighted by Crippen LogP contribution is 2.53.